The Morgan fingerprint density at radius 1 is 1.64 bits per heavy atom. The zero-order valence-corrected chi connectivity index (χ0v) is 8.12. The summed E-state index contributed by atoms with van der Waals surface area (Å²) >= 11 is 1.74. The van der Waals surface area contributed by atoms with Crippen LogP contribution in [0.15, 0.2) is 0 Å². The third-order valence-corrected chi connectivity index (χ3v) is 2.16. The summed E-state index contributed by atoms with van der Waals surface area (Å²) in [5.74, 6) is 0.976. The predicted molar refractivity (Wildman–Crippen MR) is 50.1 cm³/mol. The van der Waals surface area contributed by atoms with Gasteiger partial charge in [-0.1, -0.05) is 6.92 Å². The van der Waals surface area contributed by atoms with Crippen LogP contribution in [-0.4, -0.2) is 31.1 Å². The molecule has 0 fully saturated rings. The van der Waals surface area contributed by atoms with Gasteiger partial charge in [0.25, 0.3) is 0 Å². The summed E-state index contributed by atoms with van der Waals surface area (Å²) in [7, 11) is 1.63. The molecule has 0 aromatic rings. The Hall–Kier alpha value is -0.380. The van der Waals surface area contributed by atoms with Crippen LogP contribution in [0, 0.1) is 0 Å². The molecule has 4 heteroatoms. The van der Waals surface area contributed by atoms with Crippen LogP contribution in [0.3, 0.4) is 0 Å². The molecule has 0 aromatic carbocycles. The molecule has 0 spiro atoms. The van der Waals surface area contributed by atoms with Crippen LogP contribution >= 0.6 is 11.8 Å². The average molecular weight is 176 g/mol. The highest BCUT2D eigenvalue weighted by molar-refractivity contribution is 7.98. The lowest BCUT2D eigenvalue weighted by Gasteiger charge is -2.14. The Bertz CT molecular complexity index is 119. The number of hydrogen-bond donors (Lipinski definition) is 2. The molecule has 2 amide bonds. The van der Waals surface area contributed by atoms with E-state index in [0.717, 1.165) is 12.2 Å². The maximum Gasteiger partial charge on any atom is 0.314 e. The Morgan fingerprint density at radius 3 is 2.64 bits per heavy atom. The topological polar surface area (TPSA) is 41.1 Å². The van der Waals surface area contributed by atoms with Gasteiger partial charge in [-0.2, -0.15) is 11.8 Å². The summed E-state index contributed by atoms with van der Waals surface area (Å²) < 4.78 is 0. The molecule has 0 aromatic heterocycles. The zero-order valence-electron chi connectivity index (χ0n) is 7.31. The van der Waals surface area contributed by atoms with Gasteiger partial charge >= 0.3 is 6.03 Å². The first-order valence-electron chi connectivity index (χ1n) is 3.71. The van der Waals surface area contributed by atoms with Crippen molar-refractivity contribution in [3.8, 4) is 0 Å². The molecular formula is C7H16N2OS. The maximum absolute atomic E-state index is 10.8. The van der Waals surface area contributed by atoms with Crippen LogP contribution in [0.2, 0.25) is 0 Å². The summed E-state index contributed by atoms with van der Waals surface area (Å²) in [6, 6.07) is 0.204. The van der Waals surface area contributed by atoms with Crippen molar-refractivity contribution < 1.29 is 4.79 Å². The van der Waals surface area contributed by atoms with E-state index in [2.05, 4.69) is 17.6 Å². The van der Waals surface area contributed by atoms with Crippen LogP contribution in [-0.2, 0) is 0 Å². The molecule has 0 saturated heterocycles. The first-order valence-corrected chi connectivity index (χ1v) is 5.11. The molecule has 0 rings (SSSR count). The molecule has 0 heterocycles. The summed E-state index contributed by atoms with van der Waals surface area (Å²) in [4.78, 5) is 10.8. The highest BCUT2D eigenvalue weighted by atomic mass is 32.2. The number of thioether (sulfide) groups is 1. The number of urea groups is 1. The fourth-order valence-corrected chi connectivity index (χ4v) is 1.44. The second kappa shape index (κ2) is 6.34. The number of carbonyl (C=O) groups excluding carboxylic acids is 1. The van der Waals surface area contributed by atoms with Crippen molar-refractivity contribution in [1.29, 1.82) is 0 Å². The lowest BCUT2D eigenvalue weighted by molar-refractivity contribution is 0.239. The SMILES string of the molecule is CCC(CSC)NC(=O)NC. The van der Waals surface area contributed by atoms with E-state index in [1.807, 2.05) is 6.26 Å². The first-order chi connectivity index (χ1) is 5.24. The van der Waals surface area contributed by atoms with Crippen molar-refractivity contribution in [1.82, 2.24) is 10.6 Å². The van der Waals surface area contributed by atoms with Gasteiger partial charge in [-0.05, 0) is 12.7 Å². The fourth-order valence-electron chi connectivity index (χ4n) is 0.720. The normalized spacial score (nSPS) is 12.3. The second-order valence-corrected chi connectivity index (χ2v) is 3.19. The average Bonchev–Trinajstić information content (AvgIpc) is 2.03. The molecule has 0 saturated carbocycles. The molecule has 1 unspecified atom stereocenters. The lowest BCUT2D eigenvalue weighted by atomic mass is 10.3. The van der Waals surface area contributed by atoms with Gasteiger partial charge < -0.3 is 10.6 Å². The minimum atomic E-state index is -0.0918. The lowest BCUT2D eigenvalue weighted by Crippen LogP contribution is -2.41. The van der Waals surface area contributed by atoms with Crippen LogP contribution in [0.4, 0.5) is 4.79 Å². The molecular weight excluding hydrogens is 160 g/mol. The molecule has 0 radical (unpaired) electrons. The first kappa shape index (κ1) is 10.6. The van der Waals surface area contributed by atoms with Crippen LogP contribution in [0.5, 0.6) is 0 Å². The van der Waals surface area contributed by atoms with E-state index in [0.29, 0.717) is 6.04 Å². The third kappa shape index (κ3) is 4.95. The standard InChI is InChI=1S/C7H16N2OS/c1-4-6(5-11-3)9-7(10)8-2/h6H,4-5H2,1-3H3,(H2,8,9,10). The molecule has 0 bridgehead atoms. The van der Waals surface area contributed by atoms with Gasteiger partial charge in [0.2, 0.25) is 0 Å². The van der Waals surface area contributed by atoms with Gasteiger partial charge in [0.1, 0.15) is 0 Å². The Labute approximate surface area is 72.3 Å². The van der Waals surface area contributed by atoms with Gasteiger partial charge in [0, 0.05) is 18.8 Å². The second-order valence-electron chi connectivity index (χ2n) is 2.28. The monoisotopic (exact) mass is 176 g/mol. The molecule has 0 aliphatic heterocycles. The van der Waals surface area contributed by atoms with E-state index in [1.54, 1.807) is 18.8 Å². The molecule has 66 valence electrons. The van der Waals surface area contributed by atoms with Gasteiger partial charge in [-0.15, -0.1) is 0 Å². The highest BCUT2D eigenvalue weighted by Crippen LogP contribution is 2.00. The van der Waals surface area contributed by atoms with Gasteiger partial charge in [-0.25, -0.2) is 4.79 Å². The molecule has 3 nitrogen and oxygen atoms in total. The van der Waals surface area contributed by atoms with Crippen molar-refractivity contribution in [2.75, 3.05) is 19.1 Å². The minimum Gasteiger partial charge on any atom is -0.341 e. The summed E-state index contributed by atoms with van der Waals surface area (Å²) in [6.45, 7) is 2.07. The van der Waals surface area contributed by atoms with Crippen molar-refractivity contribution in [2.24, 2.45) is 0 Å². The van der Waals surface area contributed by atoms with E-state index >= 15 is 0 Å². The van der Waals surface area contributed by atoms with Crippen LogP contribution in [0.25, 0.3) is 0 Å². The molecule has 2 N–H and O–H groups in total. The maximum atomic E-state index is 10.8. The van der Waals surface area contributed by atoms with E-state index in [4.69, 9.17) is 0 Å². The quantitative estimate of drug-likeness (QED) is 0.672. The predicted octanol–water partition coefficient (Wildman–Crippen LogP) is 1.06. The minimum absolute atomic E-state index is 0.0918. The number of rotatable bonds is 4. The van der Waals surface area contributed by atoms with Gasteiger partial charge in [-0.3, -0.25) is 0 Å². The molecule has 11 heavy (non-hydrogen) atoms. The summed E-state index contributed by atoms with van der Waals surface area (Å²) in [5, 5.41) is 5.38. The van der Waals surface area contributed by atoms with Gasteiger partial charge in [0.15, 0.2) is 0 Å². The molecule has 0 aliphatic carbocycles. The zero-order chi connectivity index (χ0) is 8.69. The Morgan fingerprint density at radius 2 is 2.27 bits per heavy atom. The van der Waals surface area contributed by atoms with Crippen molar-refractivity contribution in [2.45, 2.75) is 19.4 Å². The molecule has 0 aliphatic rings. The van der Waals surface area contributed by atoms with Crippen molar-refractivity contribution >= 4 is 17.8 Å². The van der Waals surface area contributed by atoms with E-state index in [9.17, 15) is 4.79 Å². The number of hydrogen-bond acceptors (Lipinski definition) is 2. The summed E-state index contributed by atoms with van der Waals surface area (Å²) in [5.41, 5.74) is 0. The van der Waals surface area contributed by atoms with E-state index < -0.39 is 0 Å². The number of amides is 2. The van der Waals surface area contributed by atoms with Crippen molar-refractivity contribution in [3.05, 3.63) is 0 Å². The van der Waals surface area contributed by atoms with Crippen molar-refractivity contribution in [3.63, 3.8) is 0 Å². The van der Waals surface area contributed by atoms with E-state index in [-0.39, 0.29) is 6.03 Å². The number of carbonyl (C=O) groups is 1. The Balaban J connectivity index is 3.58. The largest absolute Gasteiger partial charge is 0.341 e. The van der Waals surface area contributed by atoms with Gasteiger partial charge in [0.05, 0.1) is 0 Å². The van der Waals surface area contributed by atoms with Crippen LogP contribution in [0.1, 0.15) is 13.3 Å². The summed E-state index contributed by atoms with van der Waals surface area (Å²) in [6.07, 6.45) is 3.02. The smallest absolute Gasteiger partial charge is 0.314 e. The third-order valence-electron chi connectivity index (χ3n) is 1.42. The van der Waals surface area contributed by atoms with Crippen LogP contribution < -0.4 is 10.6 Å². The van der Waals surface area contributed by atoms with E-state index in [1.165, 1.54) is 0 Å². The molecule has 1 atom stereocenters. The number of nitrogens with one attached hydrogen (secondary N) is 2. The fraction of sp³-hybridized carbons (Fsp3) is 0.857. The Kier molecular flexibility index (Phi) is 6.12. The highest BCUT2D eigenvalue weighted by Gasteiger charge is 2.06.